The summed E-state index contributed by atoms with van der Waals surface area (Å²) in [5, 5.41) is 3.46. The van der Waals surface area contributed by atoms with Gasteiger partial charge in [0.1, 0.15) is 5.75 Å². The molecule has 2 aromatic carbocycles. The van der Waals surface area contributed by atoms with Gasteiger partial charge in [-0.25, -0.2) is 0 Å². The summed E-state index contributed by atoms with van der Waals surface area (Å²) < 4.78 is 6.35. The predicted molar refractivity (Wildman–Crippen MR) is 93.5 cm³/mol. The fraction of sp³-hybridized carbons (Fsp3) is 0.294. The van der Waals surface area contributed by atoms with Crippen LogP contribution in [-0.4, -0.2) is 21.2 Å². The van der Waals surface area contributed by atoms with Crippen molar-refractivity contribution >= 4 is 27.3 Å². The Bertz CT molecular complexity index is 626. The van der Waals surface area contributed by atoms with Crippen molar-refractivity contribution in [3.8, 4) is 5.75 Å². The highest BCUT2D eigenvalue weighted by atomic mass is 79.9. The maximum Gasteiger partial charge on any atom is 0.119 e. The summed E-state index contributed by atoms with van der Waals surface area (Å²) >= 11 is 3.58. The molecule has 3 nitrogen and oxygen atoms in total. The molecular formula is C17H21BrN2O. The second-order valence-electron chi connectivity index (χ2n) is 5.21. The van der Waals surface area contributed by atoms with Gasteiger partial charge in [-0.1, -0.05) is 22.0 Å². The Balaban J connectivity index is 2.15. The lowest BCUT2D eigenvalue weighted by Gasteiger charge is -2.18. The Hall–Kier alpha value is -1.68. The molecule has 0 fully saturated rings. The number of ether oxygens (including phenoxy) is 1. The van der Waals surface area contributed by atoms with Gasteiger partial charge in [0.2, 0.25) is 0 Å². The molecule has 4 heteroatoms. The zero-order valence-corrected chi connectivity index (χ0v) is 14.5. The first-order chi connectivity index (χ1) is 10.0. The van der Waals surface area contributed by atoms with Crippen LogP contribution in [0.15, 0.2) is 40.9 Å². The largest absolute Gasteiger partial charge is 0.497 e. The molecule has 0 bridgehead atoms. The van der Waals surface area contributed by atoms with E-state index in [4.69, 9.17) is 4.74 Å². The third-order valence-corrected chi connectivity index (χ3v) is 4.20. The van der Waals surface area contributed by atoms with Crippen LogP contribution in [-0.2, 0) is 6.54 Å². The molecule has 0 radical (unpaired) electrons. The third kappa shape index (κ3) is 3.91. The Kier molecular flexibility index (Phi) is 5.12. The van der Waals surface area contributed by atoms with Crippen molar-refractivity contribution in [3.05, 3.63) is 52.0 Å². The number of benzene rings is 2. The van der Waals surface area contributed by atoms with Crippen molar-refractivity contribution in [2.75, 3.05) is 31.4 Å². The molecule has 0 heterocycles. The number of nitrogens with one attached hydrogen (secondary N) is 1. The monoisotopic (exact) mass is 348 g/mol. The van der Waals surface area contributed by atoms with Crippen molar-refractivity contribution in [2.24, 2.45) is 0 Å². The molecule has 0 atom stereocenters. The molecule has 2 aromatic rings. The van der Waals surface area contributed by atoms with Gasteiger partial charge in [-0.15, -0.1) is 0 Å². The minimum atomic E-state index is 0.744. The van der Waals surface area contributed by atoms with E-state index >= 15 is 0 Å². The average Bonchev–Trinajstić information content (AvgIpc) is 2.47. The van der Waals surface area contributed by atoms with Crippen LogP contribution in [0.3, 0.4) is 0 Å². The van der Waals surface area contributed by atoms with Gasteiger partial charge in [0, 0.05) is 36.5 Å². The molecule has 0 saturated carbocycles. The molecule has 2 rings (SSSR count). The number of hydrogen-bond donors (Lipinski definition) is 1. The lowest BCUT2D eigenvalue weighted by atomic mass is 10.1. The minimum absolute atomic E-state index is 0.744. The van der Waals surface area contributed by atoms with Crippen LogP contribution >= 0.6 is 15.9 Å². The average molecular weight is 349 g/mol. The highest BCUT2D eigenvalue weighted by Gasteiger charge is 2.05. The van der Waals surface area contributed by atoms with Gasteiger partial charge >= 0.3 is 0 Å². The van der Waals surface area contributed by atoms with Crippen LogP contribution in [0.25, 0.3) is 0 Å². The van der Waals surface area contributed by atoms with Gasteiger partial charge in [-0.2, -0.15) is 0 Å². The van der Waals surface area contributed by atoms with Gasteiger partial charge in [0.05, 0.1) is 7.11 Å². The Labute approximate surface area is 135 Å². The fourth-order valence-electron chi connectivity index (χ4n) is 2.21. The Morgan fingerprint density at radius 3 is 2.57 bits per heavy atom. The molecule has 0 aromatic heterocycles. The molecule has 0 amide bonds. The summed E-state index contributed by atoms with van der Waals surface area (Å²) in [6.45, 7) is 2.87. The Morgan fingerprint density at radius 2 is 1.90 bits per heavy atom. The maximum absolute atomic E-state index is 5.27. The van der Waals surface area contributed by atoms with Gasteiger partial charge in [-0.3, -0.25) is 0 Å². The van der Waals surface area contributed by atoms with Gasteiger partial charge in [0.25, 0.3) is 0 Å². The van der Waals surface area contributed by atoms with Crippen molar-refractivity contribution in [2.45, 2.75) is 13.5 Å². The van der Waals surface area contributed by atoms with Crippen LogP contribution in [0, 0.1) is 6.92 Å². The van der Waals surface area contributed by atoms with Gasteiger partial charge in [0.15, 0.2) is 0 Å². The standard InChI is InChI=1S/C17H21BrN2O/c1-12-5-6-14(10-17(12)20(2)3)19-11-13-9-15(21-4)7-8-16(13)18/h5-10,19H,11H2,1-4H3. The maximum atomic E-state index is 5.27. The number of aryl methyl sites for hydroxylation is 1. The number of anilines is 2. The SMILES string of the molecule is COc1ccc(Br)c(CNc2ccc(C)c(N(C)C)c2)c1. The van der Waals surface area contributed by atoms with Crippen molar-refractivity contribution < 1.29 is 4.74 Å². The molecular weight excluding hydrogens is 328 g/mol. The highest BCUT2D eigenvalue weighted by Crippen LogP contribution is 2.26. The van der Waals surface area contributed by atoms with E-state index in [9.17, 15) is 0 Å². The molecule has 0 saturated heterocycles. The second kappa shape index (κ2) is 6.85. The molecule has 0 aliphatic heterocycles. The lowest BCUT2D eigenvalue weighted by molar-refractivity contribution is 0.414. The first kappa shape index (κ1) is 15.7. The lowest BCUT2D eigenvalue weighted by Crippen LogP contribution is -2.11. The van der Waals surface area contributed by atoms with Crippen LogP contribution in [0.5, 0.6) is 5.75 Å². The summed E-state index contributed by atoms with van der Waals surface area (Å²) in [4.78, 5) is 2.13. The van der Waals surface area contributed by atoms with E-state index in [1.807, 2.05) is 18.2 Å². The molecule has 0 aliphatic rings. The fourth-order valence-corrected chi connectivity index (χ4v) is 2.60. The molecule has 0 spiro atoms. The molecule has 112 valence electrons. The summed E-state index contributed by atoms with van der Waals surface area (Å²) in [6, 6.07) is 12.4. The van der Waals surface area contributed by atoms with E-state index in [0.29, 0.717) is 0 Å². The van der Waals surface area contributed by atoms with Gasteiger partial charge in [-0.05, 0) is 48.4 Å². The zero-order valence-electron chi connectivity index (χ0n) is 12.9. The number of halogens is 1. The van der Waals surface area contributed by atoms with Crippen LogP contribution in [0.4, 0.5) is 11.4 Å². The molecule has 0 unspecified atom stereocenters. The van der Waals surface area contributed by atoms with Crippen LogP contribution < -0.4 is 15.0 Å². The summed E-state index contributed by atoms with van der Waals surface area (Å²) in [5.74, 6) is 0.868. The van der Waals surface area contributed by atoms with E-state index in [2.05, 4.69) is 65.4 Å². The molecule has 21 heavy (non-hydrogen) atoms. The molecule has 1 N–H and O–H groups in total. The number of rotatable bonds is 5. The van der Waals surface area contributed by atoms with Gasteiger partial charge < -0.3 is 15.0 Å². The predicted octanol–water partition coefficient (Wildman–Crippen LogP) is 4.44. The van der Waals surface area contributed by atoms with Crippen LogP contribution in [0.2, 0.25) is 0 Å². The minimum Gasteiger partial charge on any atom is -0.497 e. The topological polar surface area (TPSA) is 24.5 Å². The van der Waals surface area contributed by atoms with Crippen LogP contribution in [0.1, 0.15) is 11.1 Å². The van der Waals surface area contributed by atoms with E-state index in [0.717, 1.165) is 22.5 Å². The third-order valence-electron chi connectivity index (χ3n) is 3.43. The number of nitrogens with zero attached hydrogens (tertiary/aromatic N) is 1. The smallest absolute Gasteiger partial charge is 0.119 e. The summed E-state index contributed by atoms with van der Waals surface area (Å²) in [5.41, 5.74) is 4.78. The van der Waals surface area contributed by atoms with Crippen molar-refractivity contribution in [1.82, 2.24) is 0 Å². The number of methoxy groups -OCH3 is 1. The quantitative estimate of drug-likeness (QED) is 0.863. The van der Waals surface area contributed by atoms with E-state index in [-0.39, 0.29) is 0 Å². The zero-order chi connectivity index (χ0) is 15.4. The Morgan fingerprint density at radius 1 is 1.14 bits per heavy atom. The van der Waals surface area contributed by atoms with Crippen molar-refractivity contribution in [1.29, 1.82) is 0 Å². The first-order valence-electron chi connectivity index (χ1n) is 6.85. The van der Waals surface area contributed by atoms with E-state index < -0.39 is 0 Å². The second-order valence-corrected chi connectivity index (χ2v) is 6.06. The first-order valence-corrected chi connectivity index (χ1v) is 7.65. The number of hydrogen-bond acceptors (Lipinski definition) is 3. The summed E-state index contributed by atoms with van der Waals surface area (Å²) in [7, 11) is 5.80. The summed E-state index contributed by atoms with van der Waals surface area (Å²) in [6.07, 6.45) is 0. The van der Waals surface area contributed by atoms with E-state index in [1.165, 1.54) is 16.8 Å². The van der Waals surface area contributed by atoms with Crippen molar-refractivity contribution in [3.63, 3.8) is 0 Å². The van der Waals surface area contributed by atoms with E-state index in [1.54, 1.807) is 7.11 Å². The molecule has 0 aliphatic carbocycles. The normalized spacial score (nSPS) is 10.3. The highest BCUT2D eigenvalue weighted by molar-refractivity contribution is 9.10.